The average Bonchev–Trinajstić information content (AvgIpc) is 3.30. The Bertz CT molecular complexity index is 1580. The van der Waals surface area contributed by atoms with Crippen molar-refractivity contribution in [3.05, 3.63) is 72.8 Å². The van der Waals surface area contributed by atoms with Crippen LogP contribution in [-0.2, 0) is 20.5 Å². The first-order chi connectivity index (χ1) is 18.5. The van der Waals surface area contributed by atoms with E-state index in [2.05, 4.69) is 19.9 Å². The molecule has 5 rings (SSSR count). The van der Waals surface area contributed by atoms with Gasteiger partial charge in [0.05, 0.1) is 16.8 Å². The van der Waals surface area contributed by atoms with E-state index in [9.17, 15) is 13.2 Å². The SMILES string of the molecule is CC1CN(C(=O)OC(C)(C)C)CCN1c1ncnc2c1c(-c1ccccn1)cn2S(=O)(=O)Cc1ccccc1. The van der Waals surface area contributed by atoms with Gasteiger partial charge in [-0.2, -0.15) is 0 Å². The minimum absolute atomic E-state index is 0.106. The highest BCUT2D eigenvalue weighted by atomic mass is 32.2. The van der Waals surface area contributed by atoms with Crippen molar-refractivity contribution in [2.45, 2.75) is 45.1 Å². The number of carbonyl (C=O) groups excluding carboxylic acids is 1. The molecule has 1 aromatic carbocycles. The molecule has 0 bridgehead atoms. The van der Waals surface area contributed by atoms with Crippen molar-refractivity contribution in [2.24, 2.45) is 0 Å². The van der Waals surface area contributed by atoms with Gasteiger partial charge in [0.2, 0.25) is 10.0 Å². The zero-order valence-electron chi connectivity index (χ0n) is 22.5. The quantitative estimate of drug-likeness (QED) is 0.363. The summed E-state index contributed by atoms with van der Waals surface area (Å²) in [6, 6.07) is 14.5. The number of rotatable bonds is 5. The highest BCUT2D eigenvalue weighted by molar-refractivity contribution is 7.89. The molecule has 1 aliphatic rings. The molecule has 204 valence electrons. The molecule has 0 N–H and O–H groups in total. The number of hydrogen-bond acceptors (Lipinski definition) is 8. The van der Waals surface area contributed by atoms with Crippen molar-refractivity contribution in [1.29, 1.82) is 0 Å². The Labute approximate surface area is 228 Å². The normalized spacial score (nSPS) is 16.5. The van der Waals surface area contributed by atoms with Crippen LogP contribution in [0.1, 0.15) is 33.3 Å². The van der Waals surface area contributed by atoms with E-state index in [1.165, 1.54) is 10.3 Å². The smallest absolute Gasteiger partial charge is 0.410 e. The molecule has 1 fully saturated rings. The van der Waals surface area contributed by atoms with Crippen molar-refractivity contribution in [2.75, 3.05) is 24.5 Å². The van der Waals surface area contributed by atoms with Gasteiger partial charge < -0.3 is 14.5 Å². The molecule has 11 heteroatoms. The lowest BCUT2D eigenvalue weighted by atomic mass is 10.1. The molecule has 0 radical (unpaired) electrons. The summed E-state index contributed by atoms with van der Waals surface area (Å²) in [4.78, 5) is 30.0. The number of piperazine rings is 1. The largest absolute Gasteiger partial charge is 0.444 e. The van der Waals surface area contributed by atoms with Crippen LogP contribution in [0.15, 0.2) is 67.3 Å². The lowest BCUT2D eigenvalue weighted by Gasteiger charge is -2.41. The first kappa shape index (κ1) is 26.6. The third kappa shape index (κ3) is 5.58. The highest BCUT2D eigenvalue weighted by Crippen LogP contribution is 2.37. The van der Waals surface area contributed by atoms with Crippen LogP contribution in [0.25, 0.3) is 22.3 Å². The maximum Gasteiger partial charge on any atom is 0.410 e. The number of nitrogens with zero attached hydrogens (tertiary/aromatic N) is 6. The number of hydrogen-bond donors (Lipinski definition) is 0. The summed E-state index contributed by atoms with van der Waals surface area (Å²) in [7, 11) is -3.81. The molecule has 0 spiro atoms. The van der Waals surface area contributed by atoms with Crippen LogP contribution in [0.3, 0.4) is 0 Å². The summed E-state index contributed by atoms with van der Waals surface area (Å²) in [6.07, 6.45) is 4.30. The Morgan fingerprint density at radius 1 is 1.03 bits per heavy atom. The first-order valence-corrected chi connectivity index (χ1v) is 14.4. The fourth-order valence-corrected chi connectivity index (χ4v) is 6.20. The second-order valence-corrected chi connectivity index (χ2v) is 12.5. The lowest BCUT2D eigenvalue weighted by Crippen LogP contribution is -2.54. The van der Waals surface area contributed by atoms with Gasteiger partial charge >= 0.3 is 6.09 Å². The number of carbonyl (C=O) groups is 1. The molecule has 0 aliphatic carbocycles. The fourth-order valence-electron chi connectivity index (χ4n) is 4.78. The Balaban J connectivity index is 1.57. The van der Waals surface area contributed by atoms with E-state index in [-0.39, 0.29) is 17.9 Å². The van der Waals surface area contributed by atoms with Gasteiger partial charge in [0.1, 0.15) is 17.7 Å². The summed E-state index contributed by atoms with van der Waals surface area (Å²) in [5, 5.41) is 0.602. The first-order valence-electron chi connectivity index (χ1n) is 12.8. The topological polar surface area (TPSA) is 111 Å². The predicted molar refractivity (Wildman–Crippen MR) is 150 cm³/mol. The van der Waals surface area contributed by atoms with E-state index in [1.54, 1.807) is 29.4 Å². The molecule has 3 aromatic heterocycles. The van der Waals surface area contributed by atoms with Crippen LogP contribution in [0.4, 0.5) is 10.6 Å². The standard InChI is InChI=1S/C28H32N6O4S/c1-20-16-32(27(35)38-28(2,3)4)14-15-33(20)25-24-22(23-12-8-9-13-29-23)17-34(26(24)31-19-30-25)39(36,37)18-21-10-6-5-7-11-21/h5-13,17,19-20H,14-16,18H2,1-4H3. The van der Waals surface area contributed by atoms with E-state index >= 15 is 0 Å². The average molecular weight is 549 g/mol. The number of amides is 1. The molecule has 4 heterocycles. The second kappa shape index (κ2) is 10.3. The van der Waals surface area contributed by atoms with E-state index in [1.807, 2.05) is 64.1 Å². The molecule has 1 atom stereocenters. The van der Waals surface area contributed by atoms with Crippen LogP contribution >= 0.6 is 0 Å². The van der Waals surface area contributed by atoms with Gasteiger partial charge in [-0.25, -0.2) is 27.2 Å². The molecule has 1 saturated heterocycles. The maximum atomic E-state index is 13.7. The van der Waals surface area contributed by atoms with E-state index in [4.69, 9.17) is 4.74 Å². The molecule has 10 nitrogen and oxygen atoms in total. The summed E-state index contributed by atoms with van der Waals surface area (Å²) in [5.74, 6) is 0.425. The Kier molecular flexibility index (Phi) is 7.02. The minimum atomic E-state index is -3.81. The number of ether oxygens (including phenoxy) is 1. The number of pyridine rings is 1. The maximum absolute atomic E-state index is 13.7. The fraction of sp³-hybridized carbons (Fsp3) is 0.357. The molecule has 1 unspecified atom stereocenters. The van der Waals surface area contributed by atoms with E-state index in [0.717, 1.165) is 0 Å². The molecule has 1 aliphatic heterocycles. The molecule has 1 amide bonds. The summed E-state index contributed by atoms with van der Waals surface area (Å²) in [6.45, 7) is 8.92. The lowest BCUT2D eigenvalue weighted by molar-refractivity contribution is 0.0218. The molecule has 4 aromatic rings. The zero-order chi connectivity index (χ0) is 27.8. The van der Waals surface area contributed by atoms with Crippen molar-refractivity contribution in [3.8, 4) is 11.3 Å². The number of fused-ring (bicyclic) bond motifs is 1. The molecule has 39 heavy (non-hydrogen) atoms. The third-order valence-corrected chi connectivity index (χ3v) is 8.09. The Morgan fingerprint density at radius 3 is 2.44 bits per heavy atom. The van der Waals surface area contributed by atoms with Crippen molar-refractivity contribution in [3.63, 3.8) is 0 Å². The van der Waals surface area contributed by atoms with Gasteiger partial charge in [-0.05, 0) is 45.4 Å². The van der Waals surface area contributed by atoms with Crippen LogP contribution < -0.4 is 4.90 Å². The highest BCUT2D eigenvalue weighted by Gasteiger charge is 2.33. The van der Waals surface area contributed by atoms with E-state index < -0.39 is 15.6 Å². The number of anilines is 1. The zero-order valence-corrected chi connectivity index (χ0v) is 23.3. The summed E-state index contributed by atoms with van der Waals surface area (Å²) >= 11 is 0. The molecular formula is C28H32N6O4S. The minimum Gasteiger partial charge on any atom is -0.444 e. The van der Waals surface area contributed by atoms with Gasteiger partial charge in [-0.3, -0.25) is 4.98 Å². The Hall–Kier alpha value is -3.99. The van der Waals surface area contributed by atoms with Crippen LogP contribution in [-0.4, -0.2) is 69.6 Å². The molecular weight excluding hydrogens is 516 g/mol. The van der Waals surface area contributed by atoms with Crippen LogP contribution in [0, 0.1) is 0 Å². The number of benzene rings is 1. The summed E-state index contributed by atoms with van der Waals surface area (Å²) < 4.78 is 34.1. The monoisotopic (exact) mass is 548 g/mol. The van der Waals surface area contributed by atoms with Crippen molar-refractivity contribution < 1.29 is 17.9 Å². The molecule has 0 saturated carbocycles. The third-order valence-electron chi connectivity index (χ3n) is 6.52. The van der Waals surface area contributed by atoms with Gasteiger partial charge in [-0.15, -0.1) is 0 Å². The van der Waals surface area contributed by atoms with Crippen molar-refractivity contribution in [1.82, 2.24) is 23.8 Å². The van der Waals surface area contributed by atoms with Gasteiger partial charge in [0, 0.05) is 43.6 Å². The Morgan fingerprint density at radius 2 is 1.77 bits per heavy atom. The second-order valence-electron chi connectivity index (χ2n) is 10.7. The van der Waals surface area contributed by atoms with Crippen LogP contribution in [0.5, 0.6) is 0 Å². The van der Waals surface area contributed by atoms with Gasteiger partial charge in [-0.1, -0.05) is 36.4 Å². The van der Waals surface area contributed by atoms with Gasteiger partial charge in [0.25, 0.3) is 0 Å². The van der Waals surface area contributed by atoms with Crippen LogP contribution in [0.2, 0.25) is 0 Å². The van der Waals surface area contributed by atoms with Gasteiger partial charge in [0.15, 0.2) is 5.65 Å². The summed E-state index contributed by atoms with van der Waals surface area (Å²) in [5.41, 5.74) is 1.63. The predicted octanol–water partition coefficient (Wildman–Crippen LogP) is 4.32. The van der Waals surface area contributed by atoms with E-state index in [0.29, 0.717) is 53.3 Å². The number of aromatic nitrogens is 4. The van der Waals surface area contributed by atoms with Crippen molar-refractivity contribution >= 4 is 33.0 Å².